The molecule has 0 fully saturated rings. The molecular formula is C20H19N3O2S2. The molecule has 1 atom stereocenters. The van der Waals surface area contributed by atoms with Crippen molar-refractivity contribution in [2.24, 2.45) is 0 Å². The molecule has 3 aromatic rings. The summed E-state index contributed by atoms with van der Waals surface area (Å²) in [5.41, 5.74) is 0.718. The van der Waals surface area contributed by atoms with Crippen LogP contribution in [-0.2, 0) is 4.79 Å². The molecule has 2 aromatic heterocycles. The average Bonchev–Trinajstić information content (AvgIpc) is 2.69. The van der Waals surface area contributed by atoms with E-state index in [0.29, 0.717) is 0 Å². The van der Waals surface area contributed by atoms with Crippen molar-refractivity contribution in [1.82, 2.24) is 9.97 Å². The van der Waals surface area contributed by atoms with E-state index in [2.05, 4.69) is 15.3 Å². The summed E-state index contributed by atoms with van der Waals surface area (Å²) in [4.78, 5) is 22.1. The number of ether oxygens (including phenoxy) is 1. The molecule has 0 spiro atoms. The van der Waals surface area contributed by atoms with Gasteiger partial charge >= 0.3 is 0 Å². The normalized spacial score (nSPS) is 11.6. The first-order valence-electron chi connectivity index (χ1n) is 8.30. The van der Waals surface area contributed by atoms with Crippen LogP contribution < -0.4 is 10.1 Å². The van der Waals surface area contributed by atoms with Crippen LogP contribution in [0.3, 0.4) is 0 Å². The molecule has 1 aromatic carbocycles. The first-order valence-corrected chi connectivity index (χ1v) is 10.00. The molecule has 0 aliphatic rings. The lowest BCUT2D eigenvalue weighted by Gasteiger charge is -2.12. The quantitative estimate of drug-likeness (QED) is 0.580. The lowest BCUT2D eigenvalue weighted by Crippen LogP contribution is -2.22. The third-order valence-corrected chi connectivity index (χ3v) is 5.59. The number of anilines is 1. The fraction of sp³-hybridized carbons (Fsp3) is 0.150. The number of rotatable bonds is 7. The molecule has 27 heavy (non-hydrogen) atoms. The first-order chi connectivity index (χ1) is 13.1. The zero-order valence-corrected chi connectivity index (χ0v) is 16.6. The van der Waals surface area contributed by atoms with Gasteiger partial charge in [0.2, 0.25) is 5.91 Å². The summed E-state index contributed by atoms with van der Waals surface area (Å²) in [6.45, 7) is 1.88. The van der Waals surface area contributed by atoms with Gasteiger partial charge in [-0.15, -0.1) is 11.8 Å². The molecule has 0 aliphatic carbocycles. The van der Waals surface area contributed by atoms with Crippen LogP contribution in [0.2, 0.25) is 0 Å². The summed E-state index contributed by atoms with van der Waals surface area (Å²) in [6.07, 6.45) is 3.42. The third-order valence-electron chi connectivity index (χ3n) is 3.59. The van der Waals surface area contributed by atoms with Crippen LogP contribution in [0.5, 0.6) is 5.75 Å². The summed E-state index contributed by atoms with van der Waals surface area (Å²) in [7, 11) is 1.63. The van der Waals surface area contributed by atoms with Gasteiger partial charge in [0.25, 0.3) is 0 Å². The van der Waals surface area contributed by atoms with E-state index < -0.39 is 0 Å². The fourth-order valence-electron chi connectivity index (χ4n) is 2.21. The standard InChI is InChI=1S/C20H19N3O2S2/c1-14(26-17-8-6-16(25-2)7-9-17)20(24)23-15-10-12-22-19(13-15)27-18-5-3-4-11-21-18/h3-14H,1-2H3,(H,22,23,24). The number of hydrogen-bond donors (Lipinski definition) is 1. The van der Waals surface area contributed by atoms with Crippen molar-refractivity contribution >= 4 is 35.1 Å². The molecule has 7 heteroatoms. The predicted octanol–water partition coefficient (Wildman–Crippen LogP) is 4.76. The van der Waals surface area contributed by atoms with Gasteiger partial charge in [-0.2, -0.15) is 0 Å². The van der Waals surface area contributed by atoms with E-state index in [1.807, 2.05) is 55.5 Å². The summed E-state index contributed by atoms with van der Waals surface area (Å²) in [6, 6.07) is 17.0. The Bertz CT molecular complexity index is 889. The third kappa shape index (κ3) is 5.74. The maximum atomic E-state index is 12.5. The number of carbonyl (C=O) groups is 1. The lowest BCUT2D eigenvalue weighted by atomic mass is 10.3. The highest BCUT2D eigenvalue weighted by molar-refractivity contribution is 8.00. The number of nitrogens with zero attached hydrogens (tertiary/aromatic N) is 2. The number of aromatic nitrogens is 2. The Morgan fingerprint density at radius 3 is 2.52 bits per heavy atom. The van der Waals surface area contributed by atoms with Gasteiger partial charge in [0.05, 0.1) is 12.4 Å². The smallest absolute Gasteiger partial charge is 0.237 e. The molecule has 3 rings (SSSR count). The monoisotopic (exact) mass is 397 g/mol. The van der Waals surface area contributed by atoms with Crippen molar-refractivity contribution in [2.75, 3.05) is 12.4 Å². The largest absolute Gasteiger partial charge is 0.497 e. The molecule has 1 N–H and O–H groups in total. The van der Waals surface area contributed by atoms with E-state index in [4.69, 9.17) is 4.74 Å². The van der Waals surface area contributed by atoms with Crippen LogP contribution in [-0.4, -0.2) is 28.2 Å². The summed E-state index contributed by atoms with van der Waals surface area (Å²) >= 11 is 2.95. The van der Waals surface area contributed by atoms with Gasteiger partial charge in [0.15, 0.2) is 0 Å². The SMILES string of the molecule is COc1ccc(SC(C)C(=O)Nc2ccnc(Sc3ccccn3)c2)cc1. The second-order valence-electron chi connectivity index (χ2n) is 5.58. The Labute approximate surface area is 167 Å². The van der Waals surface area contributed by atoms with Crippen molar-refractivity contribution in [2.45, 2.75) is 27.1 Å². The van der Waals surface area contributed by atoms with Crippen LogP contribution in [0.25, 0.3) is 0 Å². The molecule has 2 heterocycles. The number of benzene rings is 1. The Morgan fingerprint density at radius 1 is 1.04 bits per heavy atom. The molecule has 0 bridgehead atoms. The van der Waals surface area contributed by atoms with Gasteiger partial charge < -0.3 is 10.1 Å². The summed E-state index contributed by atoms with van der Waals surface area (Å²) in [5, 5.41) is 4.35. The number of thioether (sulfide) groups is 1. The average molecular weight is 398 g/mol. The van der Waals surface area contributed by atoms with Gasteiger partial charge in [0.1, 0.15) is 15.8 Å². The minimum absolute atomic E-state index is 0.0594. The van der Waals surface area contributed by atoms with Gasteiger partial charge in [-0.05, 0) is 55.5 Å². The summed E-state index contributed by atoms with van der Waals surface area (Å²) in [5.74, 6) is 0.738. The molecular weight excluding hydrogens is 378 g/mol. The van der Waals surface area contributed by atoms with E-state index in [1.165, 1.54) is 23.5 Å². The molecule has 0 aliphatic heterocycles. The highest BCUT2D eigenvalue weighted by Crippen LogP contribution is 2.28. The van der Waals surface area contributed by atoms with Crippen LogP contribution in [0, 0.1) is 0 Å². The van der Waals surface area contributed by atoms with Gasteiger partial charge in [-0.1, -0.05) is 17.8 Å². The number of hydrogen-bond acceptors (Lipinski definition) is 6. The fourth-order valence-corrected chi connectivity index (χ4v) is 3.85. The maximum absolute atomic E-state index is 12.5. The number of methoxy groups -OCH3 is 1. The van der Waals surface area contributed by atoms with E-state index in [1.54, 1.807) is 25.6 Å². The number of nitrogens with one attached hydrogen (secondary N) is 1. The van der Waals surface area contributed by atoms with Crippen molar-refractivity contribution in [1.29, 1.82) is 0 Å². The number of amides is 1. The Hall–Kier alpha value is -2.51. The van der Waals surface area contributed by atoms with Crippen LogP contribution in [0.1, 0.15) is 6.92 Å². The van der Waals surface area contributed by atoms with E-state index >= 15 is 0 Å². The van der Waals surface area contributed by atoms with E-state index in [-0.39, 0.29) is 11.2 Å². The number of carbonyl (C=O) groups excluding carboxylic acids is 1. The zero-order valence-electron chi connectivity index (χ0n) is 15.0. The molecule has 5 nitrogen and oxygen atoms in total. The number of pyridine rings is 2. The molecule has 1 amide bonds. The zero-order chi connectivity index (χ0) is 19.1. The van der Waals surface area contributed by atoms with Crippen LogP contribution in [0.15, 0.2) is 81.9 Å². The minimum Gasteiger partial charge on any atom is -0.497 e. The second-order valence-corrected chi connectivity index (χ2v) is 8.03. The van der Waals surface area contributed by atoms with Crippen molar-refractivity contribution in [3.8, 4) is 5.75 Å². The van der Waals surface area contributed by atoms with Crippen molar-refractivity contribution < 1.29 is 9.53 Å². The predicted molar refractivity (Wildman–Crippen MR) is 110 cm³/mol. The highest BCUT2D eigenvalue weighted by Gasteiger charge is 2.15. The highest BCUT2D eigenvalue weighted by atomic mass is 32.2. The topological polar surface area (TPSA) is 64.1 Å². The Morgan fingerprint density at radius 2 is 1.81 bits per heavy atom. The minimum atomic E-state index is -0.238. The van der Waals surface area contributed by atoms with Crippen LogP contribution in [0.4, 0.5) is 5.69 Å². The second kappa shape index (κ2) is 9.43. The molecule has 138 valence electrons. The van der Waals surface area contributed by atoms with Gasteiger partial charge in [-0.3, -0.25) is 4.79 Å². The van der Waals surface area contributed by atoms with E-state index in [0.717, 1.165) is 26.4 Å². The van der Waals surface area contributed by atoms with Gasteiger partial charge in [0, 0.05) is 23.0 Å². The van der Waals surface area contributed by atoms with Gasteiger partial charge in [-0.25, -0.2) is 9.97 Å². The summed E-state index contributed by atoms with van der Waals surface area (Å²) < 4.78 is 5.15. The Balaban J connectivity index is 1.60. The molecule has 0 saturated carbocycles. The first kappa shape index (κ1) is 19.3. The Kier molecular flexibility index (Phi) is 6.73. The molecule has 1 unspecified atom stereocenters. The van der Waals surface area contributed by atoms with Crippen molar-refractivity contribution in [3.05, 3.63) is 67.0 Å². The van der Waals surface area contributed by atoms with Crippen molar-refractivity contribution in [3.63, 3.8) is 0 Å². The van der Waals surface area contributed by atoms with E-state index in [9.17, 15) is 4.79 Å². The van der Waals surface area contributed by atoms with Crippen LogP contribution >= 0.6 is 23.5 Å². The lowest BCUT2D eigenvalue weighted by molar-refractivity contribution is -0.115. The molecule has 0 radical (unpaired) electrons. The maximum Gasteiger partial charge on any atom is 0.237 e. The molecule has 0 saturated heterocycles.